The average molecular weight is 583 g/mol. The largest absolute Gasteiger partial charge is 0.550 e. The first-order valence-electron chi connectivity index (χ1n) is 7.99. The van der Waals surface area contributed by atoms with Gasteiger partial charge >= 0.3 is 11.9 Å². The van der Waals surface area contributed by atoms with Crippen molar-refractivity contribution >= 4 is 63.1 Å². The maximum absolute atomic E-state index is 12.5. The van der Waals surface area contributed by atoms with Crippen LogP contribution in [0.25, 0.3) is 0 Å². The Kier molecular flexibility index (Phi) is 7.44. The van der Waals surface area contributed by atoms with Crippen LogP contribution in [0.5, 0.6) is 5.75 Å². The number of carbonyl (C=O) groups is 3. The number of aliphatic carboxylic acids is 1. The number of hydrogen-bond donors (Lipinski definition) is 0. The Hall–Kier alpha value is -1.17. The van der Waals surface area contributed by atoms with Gasteiger partial charge in [-0.15, -0.1) is 0 Å². The Morgan fingerprint density at radius 2 is 1.73 bits per heavy atom. The fourth-order valence-corrected chi connectivity index (χ4v) is 4.66. The summed E-state index contributed by atoms with van der Waals surface area (Å²) in [6.45, 7) is 5.08. The molecule has 0 heterocycles. The number of carboxylic acid groups (broad SMARTS) is 1. The Morgan fingerprint density at radius 1 is 1.15 bits per heavy atom. The fraction of sp³-hybridized carbons (Fsp3) is 0.389. The predicted molar refractivity (Wildman–Crippen MR) is 108 cm³/mol. The van der Waals surface area contributed by atoms with Gasteiger partial charge in [0.05, 0.1) is 12.7 Å². The highest BCUT2D eigenvalue weighted by Gasteiger charge is 2.30. The molecule has 140 valence electrons. The summed E-state index contributed by atoms with van der Waals surface area (Å²) in [5.74, 6) is -2.76. The number of ether oxygens (including phenoxy) is 2. The van der Waals surface area contributed by atoms with Crippen molar-refractivity contribution in [1.29, 1.82) is 0 Å². The third-order valence-corrected chi connectivity index (χ3v) is 5.64. The molecule has 0 spiro atoms. The molecule has 6 nitrogen and oxygen atoms in total. The van der Waals surface area contributed by atoms with Crippen molar-refractivity contribution in [3.05, 3.63) is 37.0 Å². The maximum atomic E-state index is 12.5. The zero-order chi connectivity index (χ0) is 19.4. The van der Waals surface area contributed by atoms with Crippen molar-refractivity contribution in [3.8, 4) is 5.75 Å². The zero-order valence-corrected chi connectivity index (χ0v) is 18.4. The highest BCUT2D eigenvalue weighted by atomic mass is 127. The first-order valence-corrected chi connectivity index (χ1v) is 10.1. The summed E-state index contributed by atoms with van der Waals surface area (Å²) in [5.41, 5.74) is 0.544. The van der Waals surface area contributed by atoms with E-state index < -0.39 is 29.9 Å². The second kappa shape index (κ2) is 9.16. The van der Waals surface area contributed by atoms with Crippen LogP contribution in [0.15, 0.2) is 24.3 Å². The third kappa shape index (κ3) is 5.18. The molecule has 1 aliphatic rings. The second-order valence-corrected chi connectivity index (χ2v) is 8.42. The van der Waals surface area contributed by atoms with Crippen LogP contribution >= 0.6 is 45.2 Å². The molecule has 1 saturated carbocycles. The lowest BCUT2D eigenvalue weighted by molar-refractivity contribution is -0.315. The quantitative estimate of drug-likeness (QED) is 0.229. The van der Waals surface area contributed by atoms with Gasteiger partial charge in [0.15, 0.2) is 5.75 Å². The van der Waals surface area contributed by atoms with Crippen molar-refractivity contribution in [2.75, 3.05) is 0 Å². The lowest BCUT2D eigenvalue weighted by atomic mass is 9.86. The van der Waals surface area contributed by atoms with Gasteiger partial charge in [-0.2, -0.15) is 0 Å². The molecule has 0 saturated heterocycles. The summed E-state index contributed by atoms with van der Waals surface area (Å²) in [6.07, 6.45) is 1.87. The number of hydrogen-bond acceptors (Lipinski definition) is 6. The molecule has 1 aromatic carbocycles. The minimum absolute atomic E-state index is 0.269. The molecule has 8 heteroatoms. The van der Waals surface area contributed by atoms with Crippen molar-refractivity contribution in [3.63, 3.8) is 0 Å². The summed E-state index contributed by atoms with van der Waals surface area (Å²) in [7, 11) is 0. The molecule has 2 rings (SSSR count). The minimum Gasteiger partial charge on any atom is -0.550 e. The smallest absolute Gasteiger partial charge is 0.338 e. The van der Waals surface area contributed by atoms with Gasteiger partial charge in [0, 0.05) is 17.5 Å². The summed E-state index contributed by atoms with van der Waals surface area (Å²) in [6, 6.07) is 3.09. The zero-order valence-electron chi connectivity index (χ0n) is 14.1. The topological polar surface area (TPSA) is 92.7 Å². The van der Waals surface area contributed by atoms with Crippen LogP contribution < -0.4 is 9.84 Å². The van der Waals surface area contributed by atoms with Crippen LogP contribution in [0.2, 0.25) is 0 Å². The van der Waals surface area contributed by atoms with Gasteiger partial charge in [0.25, 0.3) is 0 Å². The van der Waals surface area contributed by atoms with Gasteiger partial charge < -0.3 is 19.4 Å². The Bertz CT molecular complexity index is 735. The molecule has 1 aromatic rings. The van der Waals surface area contributed by atoms with Gasteiger partial charge in [-0.25, -0.2) is 9.59 Å². The monoisotopic (exact) mass is 583 g/mol. The number of carbonyl (C=O) groups excluding carboxylic acids is 3. The molecule has 1 fully saturated rings. The van der Waals surface area contributed by atoms with E-state index in [1.807, 2.05) is 45.2 Å². The van der Waals surface area contributed by atoms with E-state index in [2.05, 4.69) is 6.58 Å². The molecule has 0 aliphatic heterocycles. The fourth-order valence-electron chi connectivity index (χ4n) is 2.67. The number of halogens is 2. The SMILES string of the molecule is C=C(C)C(=O)Oc1c(I)cc(C(=O)OC2CCCCC2C(=O)[O-])cc1I. The first kappa shape index (κ1) is 21.1. The van der Waals surface area contributed by atoms with Gasteiger partial charge in [-0.05, 0) is 83.5 Å². The summed E-state index contributed by atoms with van der Waals surface area (Å²) in [4.78, 5) is 35.4. The van der Waals surface area contributed by atoms with Gasteiger partial charge in [0.2, 0.25) is 0 Å². The molecular weight excluding hydrogens is 566 g/mol. The maximum Gasteiger partial charge on any atom is 0.338 e. The Balaban J connectivity index is 2.18. The van der Waals surface area contributed by atoms with E-state index in [1.54, 1.807) is 19.1 Å². The number of rotatable bonds is 5. The van der Waals surface area contributed by atoms with Crippen molar-refractivity contribution in [1.82, 2.24) is 0 Å². The first-order chi connectivity index (χ1) is 12.2. The van der Waals surface area contributed by atoms with E-state index in [1.165, 1.54) is 0 Å². The van der Waals surface area contributed by atoms with Crippen molar-refractivity contribution in [2.24, 2.45) is 5.92 Å². The molecule has 2 unspecified atom stereocenters. The second-order valence-electron chi connectivity index (χ2n) is 6.09. The lowest BCUT2D eigenvalue weighted by Gasteiger charge is -2.31. The van der Waals surface area contributed by atoms with Crippen LogP contribution in [0, 0.1) is 13.1 Å². The molecule has 0 N–H and O–H groups in total. The van der Waals surface area contributed by atoms with Crippen LogP contribution in [0.4, 0.5) is 0 Å². The predicted octanol–water partition coefficient (Wildman–Crippen LogP) is 2.84. The van der Waals surface area contributed by atoms with Crippen LogP contribution in [-0.4, -0.2) is 24.0 Å². The van der Waals surface area contributed by atoms with Gasteiger partial charge in [0.1, 0.15) is 6.10 Å². The normalized spacial score (nSPS) is 19.5. The summed E-state index contributed by atoms with van der Waals surface area (Å²) >= 11 is 3.93. The molecule has 0 amide bonds. The van der Waals surface area contributed by atoms with Crippen LogP contribution in [0.3, 0.4) is 0 Å². The minimum atomic E-state index is -1.19. The lowest BCUT2D eigenvalue weighted by Crippen LogP contribution is -2.42. The van der Waals surface area contributed by atoms with Crippen LogP contribution in [-0.2, 0) is 14.3 Å². The van der Waals surface area contributed by atoms with Crippen molar-refractivity contribution < 1.29 is 29.0 Å². The van der Waals surface area contributed by atoms with E-state index in [4.69, 9.17) is 9.47 Å². The van der Waals surface area contributed by atoms with E-state index >= 15 is 0 Å². The molecular formula is C18H17I2O6-. The molecule has 0 bridgehead atoms. The summed E-state index contributed by atoms with van der Waals surface area (Å²) < 4.78 is 11.8. The third-order valence-electron chi connectivity index (χ3n) is 4.04. The standard InChI is InChI=1S/C18H18I2O6/c1-9(2)17(23)26-15-12(19)7-10(8-13(15)20)18(24)25-14-6-4-3-5-11(14)16(21)22/h7-8,11,14H,1,3-6H2,2H3,(H,21,22)/p-1. The Morgan fingerprint density at radius 3 is 2.27 bits per heavy atom. The molecule has 0 radical (unpaired) electrons. The van der Waals surface area contributed by atoms with Crippen LogP contribution in [0.1, 0.15) is 43.0 Å². The van der Waals surface area contributed by atoms with E-state index in [9.17, 15) is 19.5 Å². The molecule has 2 atom stereocenters. The summed E-state index contributed by atoms with van der Waals surface area (Å²) in [5, 5.41) is 11.2. The van der Waals surface area contributed by atoms with Gasteiger partial charge in [-0.1, -0.05) is 13.0 Å². The van der Waals surface area contributed by atoms with E-state index in [0.717, 1.165) is 12.8 Å². The molecule has 26 heavy (non-hydrogen) atoms. The van der Waals surface area contributed by atoms with Crippen molar-refractivity contribution in [2.45, 2.75) is 38.7 Å². The van der Waals surface area contributed by atoms with E-state index in [0.29, 0.717) is 25.7 Å². The highest BCUT2D eigenvalue weighted by molar-refractivity contribution is 14.1. The number of esters is 2. The highest BCUT2D eigenvalue weighted by Crippen LogP contribution is 2.31. The number of carboxylic acids is 1. The number of benzene rings is 1. The molecule has 0 aromatic heterocycles. The average Bonchev–Trinajstić information content (AvgIpc) is 2.57. The van der Waals surface area contributed by atoms with E-state index in [-0.39, 0.29) is 11.1 Å². The Labute approximate surface area is 178 Å². The van der Waals surface area contributed by atoms with Gasteiger partial charge in [-0.3, -0.25) is 0 Å². The molecule has 1 aliphatic carbocycles.